The average Bonchev–Trinajstić information content (AvgIpc) is 2.74. The summed E-state index contributed by atoms with van der Waals surface area (Å²) in [6.45, 7) is 0. The predicted octanol–water partition coefficient (Wildman–Crippen LogP) is 4.83. The van der Waals surface area contributed by atoms with Gasteiger partial charge in [-0.15, -0.1) is 0 Å². The van der Waals surface area contributed by atoms with Crippen LogP contribution in [0.25, 0.3) is 28.0 Å². The summed E-state index contributed by atoms with van der Waals surface area (Å²) in [7, 11) is 0. The van der Waals surface area contributed by atoms with E-state index in [0.717, 1.165) is 10.0 Å². The number of rotatable bonds is 3. The molecule has 1 amide bonds. The molecule has 6 nitrogen and oxygen atoms in total. The number of nitrogens with zero attached hydrogens (tertiary/aromatic N) is 2. The van der Waals surface area contributed by atoms with Crippen molar-refractivity contribution in [3.05, 3.63) is 90.5 Å². The molecule has 4 rings (SSSR count). The van der Waals surface area contributed by atoms with Gasteiger partial charge in [-0.2, -0.15) is 0 Å². The number of hydrogen-bond acceptors (Lipinski definition) is 4. The molecule has 3 N–H and O–H groups in total. The minimum atomic E-state index is -0.420. The molecule has 1 heterocycles. The Hall–Kier alpha value is -2.52. The molecule has 9 heteroatoms. The number of fused-ring (bicyclic) bond motifs is 1. The first-order valence-corrected chi connectivity index (χ1v) is 10.6. The Morgan fingerprint density at radius 1 is 1.03 bits per heavy atom. The summed E-state index contributed by atoms with van der Waals surface area (Å²) in [5.41, 5.74) is 4.04. The van der Waals surface area contributed by atoms with E-state index in [4.69, 9.17) is 22.4 Å². The molecule has 0 aliphatic heterocycles. The van der Waals surface area contributed by atoms with Gasteiger partial charge in [0.15, 0.2) is 0 Å². The third-order valence-corrected chi connectivity index (χ3v) is 5.83. The van der Waals surface area contributed by atoms with Crippen molar-refractivity contribution in [3.63, 3.8) is 0 Å². The van der Waals surface area contributed by atoms with E-state index in [2.05, 4.69) is 37.3 Å². The highest BCUT2D eigenvalue weighted by atomic mass is 79.9. The number of aromatic nitrogens is 2. The fraction of sp³-hybridized carbons (Fsp3) is 0. The Morgan fingerprint density at radius 3 is 2.33 bits per heavy atom. The number of amides is 1. The SMILES string of the molecule is NNC(=O)c1ccc(-n2c(-c3ccc(Cl)cc3)nc3c(Br)cc(Br)cc3c2=O)cc1. The Morgan fingerprint density at radius 2 is 1.70 bits per heavy atom. The van der Waals surface area contributed by atoms with Crippen molar-refractivity contribution in [1.29, 1.82) is 0 Å². The number of halogens is 3. The van der Waals surface area contributed by atoms with Crippen molar-refractivity contribution >= 4 is 60.3 Å². The van der Waals surface area contributed by atoms with Crippen LogP contribution >= 0.6 is 43.5 Å². The van der Waals surface area contributed by atoms with Crippen molar-refractivity contribution < 1.29 is 4.79 Å². The van der Waals surface area contributed by atoms with Crippen molar-refractivity contribution in [3.8, 4) is 17.1 Å². The molecule has 150 valence electrons. The second-order valence-corrected chi connectivity index (χ2v) is 8.59. The molecular weight excluding hydrogens is 536 g/mol. The minimum absolute atomic E-state index is 0.247. The lowest BCUT2D eigenvalue weighted by Gasteiger charge is -2.15. The van der Waals surface area contributed by atoms with E-state index in [-0.39, 0.29) is 5.56 Å². The van der Waals surface area contributed by atoms with Crippen molar-refractivity contribution in [1.82, 2.24) is 15.0 Å². The summed E-state index contributed by atoms with van der Waals surface area (Å²) in [5, 5.41) is 1.02. The van der Waals surface area contributed by atoms with E-state index in [9.17, 15) is 9.59 Å². The van der Waals surface area contributed by atoms with Gasteiger partial charge in [0, 0.05) is 25.1 Å². The number of nitrogens with two attached hydrogens (primary N) is 1. The number of benzene rings is 3. The molecule has 0 aliphatic rings. The summed E-state index contributed by atoms with van der Waals surface area (Å²) in [4.78, 5) is 30.1. The molecule has 0 aliphatic carbocycles. The van der Waals surface area contributed by atoms with Crippen LogP contribution in [-0.4, -0.2) is 15.5 Å². The molecule has 30 heavy (non-hydrogen) atoms. The highest BCUT2D eigenvalue weighted by Gasteiger charge is 2.17. The first-order chi connectivity index (χ1) is 14.4. The number of hydrazine groups is 1. The second kappa shape index (κ2) is 8.31. The van der Waals surface area contributed by atoms with E-state index in [1.54, 1.807) is 54.6 Å². The van der Waals surface area contributed by atoms with Crippen LogP contribution in [0, 0.1) is 0 Å². The molecule has 0 radical (unpaired) electrons. The fourth-order valence-corrected chi connectivity index (χ4v) is 4.53. The van der Waals surface area contributed by atoms with Crippen LogP contribution in [0.1, 0.15) is 10.4 Å². The molecule has 1 aromatic heterocycles. The van der Waals surface area contributed by atoms with Crippen molar-refractivity contribution in [2.24, 2.45) is 5.84 Å². The topological polar surface area (TPSA) is 90.0 Å². The largest absolute Gasteiger partial charge is 0.290 e. The Bertz CT molecular complexity index is 1340. The van der Waals surface area contributed by atoms with Crippen LogP contribution < -0.4 is 16.8 Å². The number of carbonyl (C=O) groups excluding carboxylic acids is 1. The van der Waals surface area contributed by atoms with Crippen LogP contribution in [0.4, 0.5) is 0 Å². The van der Waals surface area contributed by atoms with Crippen LogP contribution in [0.3, 0.4) is 0 Å². The Labute approximate surface area is 192 Å². The van der Waals surface area contributed by atoms with Gasteiger partial charge in [0.1, 0.15) is 5.82 Å². The summed E-state index contributed by atoms with van der Waals surface area (Å²) in [6, 6.07) is 17.2. The average molecular weight is 549 g/mol. The standard InChI is InChI=1S/C21H13Br2ClN4O2/c22-13-9-16-18(17(23)10-13)26-19(11-1-5-14(24)6-2-11)28(21(16)30)15-7-3-12(4-8-15)20(29)27-25/h1-10H,25H2,(H,27,29). The van der Waals surface area contributed by atoms with Crippen molar-refractivity contribution in [2.75, 3.05) is 0 Å². The van der Waals surface area contributed by atoms with Crippen LogP contribution in [0.5, 0.6) is 0 Å². The Kier molecular flexibility index (Phi) is 5.75. The Balaban J connectivity index is 2.04. The third kappa shape index (κ3) is 3.79. The van der Waals surface area contributed by atoms with E-state index in [1.807, 2.05) is 6.07 Å². The lowest BCUT2D eigenvalue weighted by Crippen LogP contribution is -2.30. The zero-order chi connectivity index (χ0) is 21.4. The maximum absolute atomic E-state index is 13.5. The number of nitrogen functional groups attached to an aromatic ring is 1. The molecular formula is C21H13Br2ClN4O2. The molecule has 0 spiro atoms. The molecule has 0 saturated carbocycles. The number of nitrogens with one attached hydrogen (secondary N) is 1. The maximum Gasteiger partial charge on any atom is 0.266 e. The summed E-state index contributed by atoms with van der Waals surface area (Å²) < 4.78 is 2.96. The van der Waals surface area contributed by atoms with Gasteiger partial charge in [-0.3, -0.25) is 19.6 Å². The normalized spacial score (nSPS) is 10.9. The lowest BCUT2D eigenvalue weighted by atomic mass is 10.1. The lowest BCUT2D eigenvalue weighted by molar-refractivity contribution is 0.0953. The first-order valence-electron chi connectivity index (χ1n) is 8.68. The highest BCUT2D eigenvalue weighted by Crippen LogP contribution is 2.29. The van der Waals surface area contributed by atoms with Crippen LogP contribution in [0.15, 0.2) is 74.4 Å². The summed E-state index contributed by atoms with van der Waals surface area (Å²) in [5.74, 6) is 5.22. The fourth-order valence-electron chi connectivity index (χ4n) is 3.09. The summed E-state index contributed by atoms with van der Waals surface area (Å²) >= 11 is 13.0. The highest BCUT2D eigenvalue weighted by molar-refractivity contribution is 9.11. The van der Waals surface area contributed by atoms with E-state index in [0.29, 0.717) is 37.5 Å². The predicted molar refractivity (Wildman–Crippen MR) is 125 cm³/mol. The summed E-state index contributed by atoms with van der Waals surface area (Å²) in [6.07, 6.45) is 0. The molecule has 0 fully saturated rings. The molecule has 3 aromatic carbocycles. The maximum atomic E-state index is 13.5. The van der Waals surface area contributed by atoms with Gasteiger partial charge in [0.25, 0.3) is 11.5 Å². The third-order valence-electron chi connectivity index (χ3n) is 4.51. The van der Waals surface area contributed by atoms with E-state index >= 15 is 0 Å². The molecule has 0 unspecified atom stereocenters. The van der Waals surface area contributed by atoms with Gasteiger partial charge < -0.3 is 0 Å². The molecule has 0 atom stereocenters. The van der Waals surface area contributed by atoms with Gasteiger partial charge >= 0.3 is 0 Å². The molecule has 0 bridgehead atoms. The number of hydrogen-bond donors (Lipinski definition) is 2. The quantitative estimate of drug-likeness (QED) is 0.218. The van der Waals surface area contributed by atoms with Crippen LogP contribution in [0.2, 0.25) is 5.02 Å². The van der Waals surface area contributed by atoms with Crippen LogP contribution in [-0.2, 0) is 0 Å². The van der Waals surface area contributed by atoms with Gasteiger partial charge in [-0.25, -0.2) is 10.8 Å². The monoisotopic (exact) mass is 546 g/mol. The molecule has 4 aromatic rings. The van der Waals surface area contributed by atoms with Gasteiger partial charge in [-0.1, -0.05) is 27.5 Å². The smallest absolute Gasteiger partial charge is 0.266 e. The van der Waals surface area contributed by atoms with E-state index in [1.165, 1.54) is 4.57 Å². The zero-order valence-corrected chi connectivity index (χ0v) is 19.1. The van der Waals surface area contributed by atoms with E-state index < -0.39 is 5.91 Å². The second-order valence-electron chi connectivity index (χ2n) is 6.39. The zero-order valence-electron chi connectivity index (χ0n) is 15.2. The first kappa shape index (κ1) is 20.7. The molecule has 0 saturated heterocycles. The van der Waals surface area contributed by atoms with Gasteiger partial charge in [0.05, 0.1) is 16.6 Å². The van der Waals surface area contributed by atoms with Gasteiger partial charge in [-0.05, 0) is 76.6 Å². The number of carbonyl (C=O) groups is 1. The minimum Gasteiger partial charge on any atom is -0.290 e. The van der Waals surface area contributed by atoms with Crippen molar-refractivity contribution in [2.45, 2.75) is 0 Å². The van der Waals surface area contributed by atoms with Gasteiger partial charge in [0.2, 0.25) is 0 Å².